The Kier molecular flexibility index (Phi) is 4.80. The molecule has 136 valence electrons. The van der Waals surface area contributed by atoms with Gasteiger partial charge in [0, 0.05) is 37.8 Å². The molecule has 1 aliphatic carbocycles. The minimum Gasteiger partial charge on any atom is -0.352 e. The van der Waals surface area contributed by atoms with E-state index in [4.69, 9.17) is 0 Å². The zero-order chi connectivity index (χ0) is 17.4. The third kappa shape index (κ3) is 3.73. The normalized spacial score (nSPS) is 30.7. The number of rotatable bonds is 5. The molecule has 5 nitrogen and oxygen atoms in total. The fourth-order valence-electron chi connectivity index (χ4n) is 4.46. The lowest BCUT2D eigenvalue weighted by Gasteiger charge is -2.31. The Balaban J connectivity index is 1.31. The fourth-order valence-corrected chi connectivity index (χ4v) is 4.46. The molecule has 2 aliphatic heterocycles. The minimum absolute atomic E-state index is 0.0389. The van der Waals surface area contributed by atoms with Gasteiger partial charge in [0.1, 0.15) is 0 Å². The number of benzene rings is 1. The molecule has 4 rings (SSSR count). The first-order valence-electron chi connectivity index (χ1n) is 9.72. The highest BCUT2D eigenvalue weighted by Crippen LogP contribution is 2.38. The number of carbonyl (C=O) groups is 1. The third-order valence-electron chi connectivity index (χ3n) is 5.97. The van der Waals surface area contributed by atoms with E-state index in [1.54, 1.807) is 0 Å². The average Bonchev–Trinajstić information content (AvgIpc) is 3.36. The summed E-state index contributed by atoms with van der Waals surface area (Å²) in [5, 5.41) is 3.28. The zero-order valence-corrected chi connectivity index (χ0v) is 15.3. The standard InChI is InChI=1S/C20H30N4O/c1-13(11-24-10-9-15-5-3-4-6-17(15)12-24)21-20(25)18-14(2)22-23-19(18)16-7-8-16/h3-6,13-14,16,18-19,22-23H,7-12H2,1-2H3,(H,21,25). The molecule has 0 aromatic heterocycles. The Morgan fingerprint density at radius 3 is 2.80 bits per heavy atom. The molecule has 5 heteroatoms. The van der Waals surface area contributed by atoms with Crippen LogP contribution in [0.25, 0.3) is 0 Å². The fraction of sp³-hybridized carbons (Fsp3) is 0.650. The molecule has 1 aromatic rings. The molecule has 1 amide bonds. The van der Waals surface area contributed by atoms with Crippen LogP contribution in [0.1, 0.15) is 37.8 Å². The molecule has 3 aliphatic rings. The highest BCUT2D eigenvalue weighted by Gasteiger charge is 2.46. The highest BCUT2D eigenvalue weighted by molar-refractivity contribution is 5.81. The summed E-state index contributed by atoms with van der Waals surface area (Å²) in [7, 11) is 0. The Labute approximate surface area is 150 Å². The van der Waals surface area contributed by atoms with Gasteiger partial charge in [-0.15, -0.1) is 0 Å². The van der Waals surface area contributed by atoms with Crippen molar-refractivity contribution in [3.8, 4) is 0 Å². The Hall–Kier alpha value is -1.43. The van der Waals surface area contributed by atoms with Crippen molar-refractivity contribution < 1.29 is 4.79 Å². The monoisotopic (exact) mass is 342 g/mol. The molecule has 4 atom stereocenters. The van der Waals surface area contributed by atoms with Gasteiger partial charge in [-0.1, -0.05) is 24.3 Å². The minimum atomic E-state index is 0.0389. The van der Waals surface area contributed by atoms with Crippen molar-refractivity contribution in [2.45, 2.75) is 57.8 Å². The SMILES string of the molecule is CC(CN1CCc2ccccc2C1)NC(=O)C1C(C)NNC1C1CC1. The van der Waals surface area contributed by atoms with Gasteiger partial charge in [-0.25, -0.2) is 0 Å². The lowest BCUT2D eigenvalue weighted by atomic mass is 9.91. The summed E-state index contributed by atoms with van der Waals surface area (Å²) in [5.41, 5.74) is 9.51. The summed E-state index contributed by atoms with van der Waals surface area (Å²) in [6.07, 6.45) is 3.60. The molecule has 1 saturated carbocycles. The van der Waals surface area contributed by atoms with Gasteiger partial charge in [-0.05, 0) is 50.2 Å². The second-order valence-electron chi connectivity index (χ2n) is 8.13. The van der Waals surface area contributed by atoms with Crippen LogP contribution < -0.4 is 16.2 Å². The summed E-state index contributed by atoms with van der Waals surface area (Å²) in [4.78, 5) is 15.3. The van der Waals surface area contributed by atoms with E-state index < -0.39 is 0 Å². The van der Waals surface area contributed by atoms with Crippen LogP contribution in [0.5, 0.6) is 0 Å². The molecule has 1 aromatic carbocycles. The lowest BCUT2D eigenvalue weighted by Crippen LogP contribution is -2.49. The van der Waals surface area contributed by atoms with E-state index >= 15 is 0 Å². The molecule has 0 bridgehead atoms. The van der Waals surface area contributed by atoms with Gasteiger partial charge in [0.15, 0.2) is 0 Å². The Bertz CT molecular complexity index is 630. The molecule has 0 spiro atoms. The van der Waals surface area contributed by atoms with Crippen molar-refractivity contribution in [3.63, 3.8) is 0 Å². The number of fused-ring (bicyclic) bond motifs is 1. The molecule has 1 saturated heterocycles. The van der Waals surface area contributed by atoms with Crippen molar-refractivity contribution >= 4 is 5.91 Å². The van der Waals surface area contributed by atoms with E-state index in [0.717, 1.165) is 26.1 Å². The van der Waals surface area contributed by atoms with Gasteiger partial charge < -0.3 is 5.32 Å². The number of nitrogens with one attached hydrogen (secondary N) is 3. The summed E-state index contributed by atoms with van der Waals surface area (Å²) in [5.74, 6) is 0.908. The van der Waals surface area contributed by atoms with Crippen molar-refractivity contribution in [3.05, 3.63) is 35.4 Å². The summed E-state index contributed by atoms with van der Waals surface area (Å²) in [6.45, 7) is 7.21. The van der Waals surface area contributed by atoms with Crippen LogP contribution in [0, 0.1) is 11.8 Å². The molecular formula is C20H30N4O. The maximum Gasteiger partial charge on any atom is 0.226 e. The number of amides is 1. The van der Waals surface area contributed by atoms with Gasteiger partial charge in [-0.3, -0.25) is 20.5 Å². The molecule has 2 heterocycles. The topological polar surface area (TPSA) is 56.4 Å². The maximum atomic E-state index is 12.8. The maximum absolute atomic E-state index is 12.8. The predicted molar refractivity (Wildman–Crippen MR) is 98.8 cm³/mol. The number of hydrogen-bond donors (Lipinski definition) is 3. The number of hydrogen-bond acceptors (Lipinski definition) is 4. The summed E-state index contributed by atoms with van der Waals surface area (Å²) < 4.78 is 0. The van der Waals surface area contributed by atoms with E-state index in [-0.39, 0.29) is 23.9 Å². The molecular weight excluding hydrogens is 312 g/mol. The van der Waals surface area contributed by atoms with Crippen LogP contribution in [-0.4, -0.2) is 42.0 Å². The van der Waals surface area contributed by atoms with Crippen LogP contribution in [0.2, 0.25) is 0 Å². The highest BCUT2D eigenvalue weighted by atomic mass is 16.2. The van der Waals surface area contributed by atoms with Crippen molar-refractivity contribution in [1.29, 1.82) is 0 Å². The molecule has 25 heavy (non-hydrogen) atoms. The number of nitrogens with zero attached hydrogens (tertiary/aromatic N) is 1. The number of hydrazine groups is 1. The molecule has 0 radical (unpaired) electrons. The smallest absolute Gasteiger partial charge is 0.226 e. The second-order valence-corrected chi connectivity index (χ2v) is 8.13. The van der Waals surface area contributed by atoms with Crippen molar-refractivity contribution in [2.24, 2.45) is 11.8 Å². The van der Waals surface area contributed by atoms with Crippen molar-refractivity contribution in [2.75, 3.05) is 13.1 Å². The average molecular weight is 342 g/mol. The van der Waals surface area contributed by atoms with E-state index in [1.165, 1.54) is 24.0 Å². The van der Waals surface area contributed by atoms with Gasteiger partial charge in [0.2, 0.25) is 5.91 Å². The van der Waals surface area contributed by atoms with Crippen molar-refractivity contribution in [1.82, 2.24) is 21.1 Å². The lowest BCUT2D eigenvalue weighted by molar-refractivity contribution is -0.126. The van der Waals surface area contributed by atoms with Crippen LogP contribution in [0.15, 0.2) is 24.3 Å². The van der Waals surface area contributed by atoms with Crippen LogP contribution in [-0.2, 0) is 17.8 Å². The predicted octanol–water partition coefficient (Wildman–Crippen LogP) is 1.44. The second kappa shape index (κ2) is 7.06. The zero-order valence-electron chi connectivity index (χ0n) is 15.3. The van der Waals surface area contributed by atoms with Gasteiger partial charge >= 0.3 is 0 Å². The summed E-state index contributed by atoms with van der Waals surface area (Å²) in [6, 6.07) is 9.36. The van der Waals surface area contributed by atoms with E-state index in [2.05, 4.69) is 59.2 Å². The van der Waals surface area contributed by atoms with E-state index in [1.807, 2.05) is 0 Å². The number of carbonyl (C=O) groups excluding carboxylic acids is 1. The summed E-state index contributed by atoms with van der Waals surface area (Å²) >= 11 is 0. The van der Waals surface area contributed by atoms with E-state index in [9.17, 15) is 4.79 Å². The van der Waals surface area contributed by atoms with Gasteiger partial charge in [0.05, 0.1) is 5.92 Å². The molecule has 2 fully saturated rings. The Morgan fingerprint density at radius 2 is 2.04 bits per heavy atom. The van der Waals surface area contributed by atoms with Crippen LogP contribution in [0.4, 0.5) is 0 Å². The van der Waals surface area contributed by atoms with Gasteiger partial charge in [-0.2, -0.15) is 0 Å². The largest absolute Gasteiger partial charge is 0.352 e. The first-order chi connectivity index (χ1) is 12.1. The van der Waals surface area contributed by atoms with E-state index in [0.29, 0.717) is 12.0 Å². The van der Waals surface area contributed by atoms with Crippen LogP contribution >= 0.6 is 0 Å². The molecule has 4 unspecified atom stereocenters. The molecule has 3 N–H and O–H groups in total. The van der Waals surface area contributed by atoms with Gasteiger partial charge in [0.25, 0.3) is 0 Å². The first-order valence-corrected chi connectivity index (χ1v) is 9.72. The Morgan fingerprint density at radius 1 is 1.28 bits per heavy atom. The third-order valence-corrected chi connectivity index (χ3v) is 5.97. The quantitative estimate of drug-likeness (QED) is 0.758. The first kappa shape index (κ1) is 17.0. The van der Waals surface area contributed by atoms with Crippen LogP contribution in [0.3, 0.4) is 0 Å².